The number of nitrogens with zero attached hydrogens (tertiary/aromatic N) is 1. The summed E-state index contributed by atoms with van der Waals surface area (Å²) >= 11 is 0. The fraction of sp³-hybridized carbons (Fsp3) is 0.364. The van der Waals surface area contributed by atoms with Gasteiger partial charge in [0.15, 0.2) is 0 Å². The lowest BCUT2D eigenvalue weighted by molar-refractivity contribution is 0.284. The number of unbranched alkanes of at least 4 members (excludes halogenated alkanes) is 1. The molecule has 2 aromatic rings. The normalized spacial score (nSPS) is 11.0. The largest absolute Gasteiger partial charge is 0.399 e. The van der Waals surface area contributed by atoms with Crippen LogP contribution in [0.1, 0.15) is 18.7 Å². The second-order valence-corrected chi connectivity index (χ2v) is 3.64. The Kier molecular flexibility index (Phi) is 2.87. The number of aromatic amines is 1. The summed E-state index contributed by atoms with van der Waals surface area (Å²) in [4.78, 5) is 7.66. The number of aliphatic hydroxyl groups excluding tert-OH is 1. The Bertz CT molecular complexity index is 450. The van der Waals surface area contributed by atoms with Gasteiger partial charge in [-0.15, -0.1) is 0 Å². The summed E-state index contributed by atoms with van der Waals surface area (Å²) in [7, 11) is 0. The van der Waals surface area contributed by atoms with Gasteiger partial charge in [-0.1, -0.05) is 0 Å². The number of imidazole rings is 1. The topological polar surface area (TPSA) is 74.9 Å². The van der Waals surface area contributed by atoms with E-state index < -0.39 is 0 Å². The first-order valence-corrected chi connectivity index (χ1v) is 5.14. The van der Waals surface area contributed by atoms with Gasteiger partial charge in [0.2, 0.25) is 0 Å². The van der Waals surface area contributed by atoms with Crippen LogP contribution in [-0.4, -0.2) is 21.7 Å². The van der Waals surface area contributed by atoms with Crippen molar-refractivity contribution in [3.8, 4) is 0 Å². The molecule has 0 aliphatic carbocycles. The minimum Gasteiger partial charge on any atom is -0.399 e. The first-order chi connectivity index (χ1) is 7.29. The molecular weight excluding hydrogens is 190 g/mol. The number of rotatable bonds is 4. The Morgan fingerprint density at radius 2 is 2.20 bits per heavy atom. The highest BCUT2D eigenvalue weighted by atomic mass is 16.2. The summed E-state index contributed by atoms with van der Waals surface area (Å²) < 4.78 is 0. The van der Waals surface area contributed by atoms with Crippen LogP contribution in [-0.2, 0) is 6.42 Å². The summed E-state index contributed by atoms with van der Waals surface area (Å²) in [6.07, 6.45) is 2.64. The van der Waals surface area contributed by atoms with Crippen LogP contribution in [0.4, 0.5) is 5.69 Å². The number of aliphatic hydroxyl groups is 1. The van der Waals surface area contributed by atoms with E-state index >= 15 is 0 Å². The first kappa shape index (κ1) is 9.98. The van der Waals surface area contributed by atoms with Crippen LogP contribution in [0.2, 0.25) is 0 Å². The van der Waals surface area contributed by atoms with Gasteiger partial charge in [-0.25, -0.2) is 4.98 Å². The zero-order chi connectivity index (χ0) is 10.7. The van der Waals surface area contributed by atoms with E-state index in [0.717, 1.165) is 41.8 Å². The summed E-state index contributed by atoms with van der Waals surface area (Å²) in [5, 5.41) is 8.67. The number of aryl methyl sites for hydroxylation is 1. The molecule has 0 amide bonds. The number of nitrogens with two attached hydrogens (primary N) is 1. The van der Waals surface area contributed by atoms with Gasteiger partial charge in [0.25, 0.3) is 0 Å². The number of benzene rings is 1. The van der Waals surface area contributed by atoms with Crippen molar-refractivity contribution < 1.29 is 5.11 Å². The Morgan fingerprint density at radius 1 is 1.33 bits per heavy atom. The van der Waals surface area contributed by atoms with Crippen molar-refractivity contribution >= 4 is 16.7 Å². The maximum atomic E-state index is 8.67. The standard InChI is InChI=1S/C11H15N3O/c12-8-4-5-9-10(7-8)14-11(13-9)3-1-2-6-15/h4-5,7,15H,1-3,6,12H2,(H,13,14). The third kappa shape index (κ3) is 2.27. The van der Waals surface area contributed by atoms with Crippen LogP contribution in [0.25, 0.3) is 11.0 Å². The number of aromatic nitrogens is 2. The number of anilines is 1. The molecule has 2 rings (SSSR count). The van der Waals surface area contributed by atoms with Crippen LogP contribution in [0.15, 0.2) is 18.2 Å². The number of nitrogen functional groups attached to an aromatic ring is 1. The summed E-state index contributed by atoms with van der Waals surface area (Å²) in [5.74, 6) is 0.962. The van der Waals surface area contributed by atoms with Crippen molar-refractivity contribution in [2.45, 2.75) is 19.3 Å². The quantitative estimate of drug-likeness (QED) is 0.522. The van der Waals surface area contributed by atoms with Gasteiger partial charge in [-0.2, -0.15) is 0 Å². The number of hydrogen-bond acceptors (Lipinski definition) is 3. The second kappa shape index (κ2) is 4.31. The lowest BCUT2D eigenvalue weighted by Gasteiger charge is -1.93. The average molecular weight is 205 g/mol. The molecule has 0 fully saturated rings. The first-order valence-electron chi connectivity index (χ1n) is 5.14. The zero-order valence-corrected chi connectivity index (χ0v) is 8.53. The Labute approximate surface area is 88.1 Å². The van der Waals surface area contributed by atoms with E-state index in [4.69, 9.17) is 10.8 Å². The number of fused-ring (bicyclic) bond motifs is 1. The van der Waals surface area contributed by atoms with Crippen molar-refractivity contribution in [2.24, 2.45) is 0 Å². The van der Waals surface area contributed by atoms with Crippen LogP contribution in [0, 0.1) is 0 Å². The molecule has 1 aromatic carbocycles. The fourth-order valence-electron chi connectivity index (χ4n) is 1.60. The molecule has 0 saturated carbocycles. The lowest BCUT2D eigenvalue weighted by Crippen LogP contribution is -1.90. The van der Waals surface area contributed by atoms with Gasteiger partial charge in [0.1, 0.15) is 5.82 Å². The maximum absolute atomic E-state index is 8.67. The lowest BCUT2D eigenvalue weighted by atomic mass is 10.2. The van der Waals surface area contributed by atoms with Crippen LogP contribution < -0.4 is 5.73 Å². The zero-order valence-electron chi connectivity index (χ0n) is 8.53. The molecular formula is C11H15N3O. The third-order valence-corrected chi connectivity index (χ3v) is 2.38. The molecule has 80 valence electrons. The predicted octanol–water partition coefficient (Wildman–Crippen LogP) is 1.46. The van der Waals surface area contributed by atoms with E-state index in [-0.39, 0.29) is 6.61 Å². The van der Waals surface area contributed by atoms with Crippen molar-refractivity contribution in [3.05, 3.63) is 24.0 Å². The molecule has 4 N–H and O–H groups in total. The predicted molar refractivity (Wildman–Crippen MR) is 60.5 cm³/mol. The Balaban J connectivity index is 2.16. The number of H-pyrrole nitrogens is 1. The third-order valence-electron chi connectivity index (χ3n) is 2.38. The molecule has 15 heavy (non-hydrogen) atoms. The summed E-state index contributed by atoms with van der Waals surface area (Å²) in [6, 6.07) is 5.65. The molecule has 0 atom stereocenters. The van der Waals surface area contributed by atoms with Gasteiger partial charge < -0.3 is 15.8 Å². The van der Waals surface area contributed by atoms with Crippen LogP contribution >= 0.6 is 0 Å². The van der Waals surface area contributed by atoms with Gasteiger partial charge >= 0.3 is 0 Å². The second-order valence-electron chi connectivity index (χ2n) is 3.64. The van der Waals surface area contributed by atoms with Crippen molar-refractivity contribution in [1.82, 2.24) is 9.97 Å². The molecule has 0 aliphatic heterocycles. The van der Waals surface area contributed by atoms with E-state index in [0.29, 0.717) is 0 Å². The van der Waals surface area contributed by atoms with Gasteiger partial charge in [-0.05, 0) is 31.0 Å². The summed E-state index contributed by atoms with van der Waals surface area (Å²) in [6.45, 7) is 0.243. The highest BCUT2D eigenvalue weighted by Crippen LogP contribution is 2.15. The molecule has 4 heteroatoms. The molecule has 1 aromatic heterocycles. The molecule has 0 unspecified atom stereocenters. The smallest absolute Gasteiger partial charge is 0.107 e. The Hall–Kier alpha value is -1.55. The van der Waals surface area contributed by atoms with E-state index in [9.17, 15) is 0 Å². The van der Waals surface area contributed by atoms with Gasteiger partial charge in [0.05, 0.1) is 11.0 Å². The van der Waals surface area contributed by atoms with E-state index in [1.165, 1.54) is 0 Å². The maximum Gasteiger partial charge on any atom is 0.107 e. The number of hydrogen-bond donors (Lipinski definition) is 3. The van der Waals surface area contributed by atoms with Gasteiger partial charge in [-0.3, -0.25) is 0 Å². The molecule has 0 bridgehead atoms. The molecule has 0 radical (unpaired) electrons. The van der Waals surface area contributed by atoms with Crippen molar-refractivity contribution in [1.29, 1.82) is 0 Å². The molecule has 0 spiro atoms. The highest BCUT2D eigenvalue weighted by molar-refractivity contribution is 5.78. The monoisotopic (exact) mass is 205 g/mol. The molecule has 1 heterocycles. The average Bonchev–Trinajstić information content (AvgIpc) is 2.60. The van der Waals surface area contributed by atoms with E-state index in [1.807, 2.05) is 18.2 Å². The van der Waals surface area contributed by atoms with Crippen molar-refractivity contribution in [3.63, 3.8) is 0 Å². The minimum absolute atomic E-state index is 0.243. The minimum atomic E-state index is 0.243. The summed E-state index contributed by atoms with van der Waals surface area (Å²) in [5.41, 5.74) is 8.35. The van der Waals surface area contributed by atoms with Crippen LogP contribution in [0.3, 0.4) is 0 Å². The highest BCUT2D eigenvalue weighted by Gasteiger charge is 2.02. The van der Waals surface area contributed by atoms with Crippen LogP contribution in [0.5, 0.6) is 0 Å². The molecule has 0 aliphatic rings. The molecule has 0 saturated heterocycles. The van der Waals surface area contributed by atoms with E-state index in [1.54, 1.807) is 0 Å². The SMILES string of the molecule is Nc1ccc2nc(CCCCO)[nH]c2c1. The van der Waals surface area contributed by atoms with E-state index in [2.05, 4.69) is 9.97 Å². The number of nitrogens with one attached hydrogen (secondary N) is 1. The molecule has 4 nitrogen and oxygen atoms in total. The Morgan fingerprint density at radius 3 is 3.00 bits per heavy atom. The van der Waals surface area contributed by atoms with Crippen molar-refractivity contribution in [2.75, 3.05) is 12.3 Å². The van der Waals surface area contributed by atoms with Gasteiger partial charge in [0, 0.05) is 18.7 Å². The fourth-order valence-corrected chi connectivity index (χ4v) is 1.60.